The molecule has 4 nitrogen and oxygen atoms in total. The molecule has 0 fully saturated rings. The lowest BCUT2D eigenvalue weighted by atomic mass is 9.92. The van der Waals surface area contributed by atoms with Gasteiger partial charge in [-0.25, -0.2) is 5.01 Å². The summed E-state index contributed by atoms with van der Waals surface area (Å²) in [5.74, 6) is -1.16. The molecule has 150 valence electrons. The molecule has 2 aromatic carbocycles. The lowest BCUT2D eigenvalue weighted by molar-refractivity contribution is -0.125. The summed E-state index contributed by atoms with van der Waals surface area (Å²) >= 11 is 0. The van der Waals surface area contributed by atoms with Gasteiger partial charge < -0.3 is 0 Å². The van der Waals surface area contributed by atoms with Gasteiger partial charge in [-0.05, 0) is 42.9 Å². The molecule has 0 saturated heterocycles. The van der Waals surface area contributed by atoms with Crippen LogP contribution in [0.3, 0.4) is 0 Å². The first-order valence-electron chi connectivity index (χ1n) is 9.84. The van der Waals surface area contributed by atoms with E-state index in [4.69, 9.17) is 0 Å². The molecule has 0 aliphatic carbocycles. The summed E-state index contributed by atoms with van der Waals surface area (Å²) < 4.78 is 0. The highest BCUT2D eigenvalue weighted by Gasteiger charge is 2.24. The number of nitrogens with zero attached hydrogens (tertiary/aromatic N) is 2. The third-order valence-corrected chi connectivity index (χ3v) is 4.52. The molecular formula is C24H32N2O2. The Hall–Kier alpha value is -2.75. The number of aryl methyl sites for hydroxylation is 4. The zero-order valence-corrected chi connectivity index (χ0v) is 17.8. The summed E-state index contributed by atoms with van der Waals surface area (Å²) in [6.07, 6.45) is 3.88. The zero-order valence-electron chi connectivity index (χ0n) is 17.8. The van der Waals surface area contributed by atoms with Crippen molar-refractivity contribution in [2.45, 2.75) is 53.4 Å². The third-order valence-electron chi connectivity index (χ3n) is 4.52. The Balaban J connectivity index is 0.000000362. The number of hydrogen-bond acceptors (Lipinski definition) is 3. The Kier molecular flexibility index (Phi) is 9.86. The standard InChI is InChI=1S/C15H20N2O2.C9H12/c1-6-11-8-10(3)9-12(7-2)13(11)14(18)15(19)17(5)16-4;1-2-6-9-7-4-3-5-8-9/h8-9H,4,6-7H2,1-3,5H3;3-5,7-8H,2,6H2,1H3. The minimum absolute atomic E-state index is 0.511. The molecule has 1 amide bonds. The smallest absolute Gasteiger partial charge is 0.283 e. The number of likely N-dealkylation sites (N-methyl/N-ethyl adjacent to an activating group) is 1. The summed E-state index contributed by atoms with van der Waals surface area (Å²) in [7, 11) is 1.43. The maximum absolute atomic E-state index is 12.3. The van der Waals surface area contributed by atoms with Crippen LogP contribution < -0.4 is 0 Å². The van der Waals surface area contributed by atoms with Crippen molar-refractivity contribution in [3.05, 3.63) is 70.3 Å². The van der Waals surface area contributed by atoms with Crippen molar-refractivity contribution >= 4 is 18.4 Å². The number of ketones is 1. The van der Waals surface area contributed by atoms with E-state index in [0.29, 0.717) is 18.4 Å². The van der Waals surface area contributed by atoms with E-state index < -0.39 is 11.7 Å². The van der Waals surface area contributed by atoms with Crippen molar-refractivity contribution < 1.29 is 9.59 Å². The highest BCUT2D eigenvalue weighted by molar-refractivity contribution is 6.43. The molecule has 0 N–H and O–H groups in total. The predicted molar refractivity (Wildman–Crippen MR) is 117 cm³/mol. The maximum atomic E-state index is 12.3. The van der Waals surface area contributed by atoms with E-state index in [2.05, 4.69) is 49.1 Å². The molecular weight excluding hydrogens is 348 g/mol. The molecule has 0 unspecified atom stereocenters. The van der Waals surface area contributed by atoms with Crippen molar-refractivity contribution in [1.29, 1.82) is 0 Å². The van der Waals surface area contributed by atoms with Gasteiger partial charge in [-0.3, -0.25) is 9.59 Å². The molecule has 0 heterocycles. The van der Waals surface area contributed by atoms with Crippen LogP contribution in [0.25, 0.3) is 0 Å². The summed E-state index contributed by atoms with van der Waals surface area (Å²) in [4.78, 5) is 24.3. The number of Topliss-reactive ketones (excluding diaryl/α,β-unsaturated/α-hetero) is 1. The lowest BCUT2D eigenvalue weighted by Gasteiger charge is -2.15. The van der Waals surface area contributed by atoms with Crippen molar-refractivity contribution in [3.8, 4) is 0 Å². The summed E-state index contributed by atoms with van der Waals surface area (Å²) in [5, 5.41) is 4.45. The van der Waals surface area contributed by atoms with Crippen LogP contribution in [-0.4, -0.2) is 30.5 Å². The van der Waals surface area contributed by atoms with Gasteiger partial charge >= 0.3 is 5.91 Å². The number of rotatable bonds is 7. The SMILES string of the molecule is C=NN(C)C(=O)C(=O)c1c(CC)cc(C)cc1CC.CCCc1ccccc1. The number of carbonyl (C=O) groups is 2. The van der Waals surface area contributed by atoms with Gasteiger partial charge in [0.1, 0.15) is 0 Å². The summed E-state index contributed by atoms with van der Waals surface area (Å²) in [6.45, 7) is 11.4. The number of carbonyl (C=O) groups excluding carboxylic acids is 2. The van der Waals surface area contributed by atoms with Crippen molar-refractivity contribution in [1.82, 2.24) is 5.01 Å². The maximum Gasteiger partial charge on any atom is 0.314 e. The van der Waals surface area contributed by atoms with Crippen molar-refractivity contribution in [2.24, 2.45) is 5.10 Å². The van der Waals surface area contributed by atoms with E-state index in [0.717, 1.165) is 21.7 Å². The first kappa shape index (κ1) is 23.3. The van der Waals surface area contributed by atoms with Gasteiger partial charge in [-0.1, -0.05) is 75.2 Å². The topological polar surface area (TPSA) is 49.7 Å². The molecule has 0 bridgehead atoms. The molecule has 0 aromatic heterocycles. The minimum atomic E-state index is -0.650. The molecule has 0 aliphatic rings. The van der Waals surface area contributed by atoms with E-state index in [-0.39, 0.29) is 0 Å². The molecule has 0 saturated carbocycles. The Labute approximate surface area is 169 Å². The fraction of sp³-hybridized carbons (Fsp3) is 0.375. The molecule has 0 radical (unpaired) electrons. The largest absolute Gasteiger partial charge is 0.314 e. The fourth-order valence-corrected chi connectivity index (χ4v) is 3.04. The molecule has 2 aromatic rings. The fourth-order valence-electron chi connectivity index (χ4n) is 3.04. The van der Waals surface area contributed by atoms with Gasteiger partial charge in [0, 0.05) is 19.3 Å². The predicted octanol–water partition coefficient (Wildman–Crippen LogP) is 5.02. The monoisotopic (exact) mass is 380 g/mol. The highest BCUT2D eigenvalue weighted by atomic mass is 16.2. The van der Waals surface area contributed by atoms with Gasteiger partial charge in [0.15, 0.2) is 0 Å². The Morgan fingerprint density at radius 3 is 1.96 bits per heavy atom. The lowest BCUT2D eigenvalue weighted by Crippen LogP contribution is -2.30. The number of hydrogen-bond donors (Lipinski definition) is 0. The van der Waals surface area contributed by atoms with Crippen LogP contribution in [0, 0.1) is 6.92 Å². The second-order valence-electron chi connectivity index (χ2n) is 6.70. The van der Waals surface area contributed by atoms with Crippen LogP contribution >= 0.6 is 0 Å². The van der Waals surface area contributed by atoms with Crippen LogP contribution in [0.1, 0.15) is 59.8 Å². The molecule has 0 atom stereocenters. The molecule has 28 heavy (non-hydrogen) atoms. The normalized spacial score (nSPS) is 9.89. The van der Waals surface area contributed by atoms with Gasteiger partial charge in [0.2, 0.25) is 0 Å². The van der Waals surface area contributed by atoms with Crippen LogP contribution in [0.4, 0.5) is 0 Å². The first-order chi connectivity index (χ1) is 13.4. The molecule has 2 rings (SSSR count). The molecule has 0 aliphatic heterocycles. The first-order valence-corrected chi connectivity index (χ1v) is 9.84. The Morgan fingerprint density at radius 1 is 1.00 bits per heavy atom. The number of hydrazone groups is 1. The van der Waals surface area contributed by atoms with Gasteiger partial charge in [0.25, 0.3) is 5.78 Å². The average molecular weight is 381 g/mol. The minimum Gasteiger partial charge on any atom is -0.283 e. The third kappa shape index (κ3) is 6.45. The van der Waals surface area contributed by atoms with E-state index in [1.165, 1.54) is 25.5 Å². The van der Waals surface area contributed by atoms with Crippen LogP contribution in [0.5, 0.6) is 0 Å². The molecule has 4 heteroatoms. The Morgan fingerprint density at radius 2 is 1.54 bits per heavy atom. The molecule has 0 spiro atoms. The second kappa shape index (κ2) is 11.9. The average Bonchev–Trinajstić information content (AvgIpc) is 2.72. The number of amides is 1. The quantitative estimate of drug-likeness (QED) is 0.293. The van der Waals surface area contributed by atoms with Gasteiger partial charge in [-0.2, -0.15) is 5.10 Å². The van der Waals surface area contributed by atoms with Crippen LogP contribution in [0.15, 0.2) is 47.6 Å². The zero-order chi connectivity index (χ0) is 21.1. The van der Waals surface area contributed by atoms with Gasteiger partial charge in [-0.15, -0.1) is 0 Å². The van der Waals surface area contributed by atoms with Gasteiger partial charge in [0.05, 0.1) is 0 Å². The van der Waals surface area contributed by atoms with E-state index in [1.807, 2.05) is 32.9 Å². The summed E-state index contributed by atoms with van der Waals surface area (Å²) in [5.41, 5.74) is 4.89. The Bertz CT molecular complexity index is 773. The van der Waals surface area contributed by atoms with Crippen LogP contribution in [0.2, 0.25) is 0 Å². The highest BCUT2D eigenvalue weighted by Crippen LogP contribution is 2.20. The van der Waals surface area contributed by atoms with Crippen molar-refractivity contribution in [2.75, 3.05) is 7.05 Å². The van der Waals surface area contributed by atoms with E-state index >= 15 is 0 Å². The summed E-state index contributed by atoms with van der Waals surface area (Å²) in [6, 6.07) is 14.5. The number of benzene rings is 2. The van der Waals surface area contributed by atoms with E-state index in [1.54, 1.807) is 0 Å². The van der Waals surface area contributed by atoms with Crippen LogP contribution in [-0.2, 0) is 24.1 Å². The second-order valence-corrected chi connectivity index (χ2v) is 6.70. The van der Waals surface area contributed by atoms with Crippen molar-refractivity contribution in [3.63, 3.8) is 0 Å². The van der Waals surface area contributed by atoms with E-state index in [9.17, 15) is 9.59 Å².